The number of carboxylic acid groups (broad SMARTS) is 1. The molecule has 0 aromatic heterocycles. The molecule has 2 amide bonds. The first-order valence-electron chi connectivity index (χ1n) is 10.3. The lowest BCUT2D eigenvalue weighted by Crippen LogP contribution is -2.34. The van der Waals surface area contributed by atoms with Crippen LogP contribution in [0.15, 0.2) is 42.5 Å². The van der Waals surface area contributed by atoms with Crippen molar-refractivity contribution in [1.29, 1.82) is 0 Å². The van der Waals surface area contributed by atoms with Gasteiger partial charge in [-0.05, 0) is 68.1 Å². The molecule has 1 aliphatic carbocycles. The second-order valence-electron chi connectivity index (χ2n) is 7.59. The fraction of sp³-hybridized carbons (Fsp3) is 0.348. The number of halogens is 2. The second-order valence-corrected chi connectivity index (χ2v) is 8.44. The number of benzene rings is 2. The number of nitrogens with one attached hydrogen (secondary N) is 2. The maximum absolute atomic E-state index is 12.4. The Labute approximate surface area is 196 Å². The first kappa shape index (κ1) is 23.9. The van der Waals surface area contributed by atoms with E-state index in [0.29, 0.717) is 52.6 Å². The first-order chi connectivity index (χ1) is 15.3. The van der Waals surface area contributed by atoms with E-state index in [1.165, 1.54) is 6.07 Å². The Hall–Kier alpha value is -2.77. The maximum Gasteiger partial charge on any atom is 0.306 e. The van der Waals surface area contributed by atoms with Gasteiger partial charge in [0.2, 0.25) is 0 Å². The number of ether oxygens (including phenoxy) is 1. The summed E-state index contributed by atoms with van der Waals surface area (Å²) < 4.78 is 5.91. The molecule has 0 spiro atoms. The third-order valence-corrected chi connectivity index (χ3v) is 5.86. The van der Waals surface area contributed by atoms with Gasteiger partial charge in [0, 0.05) is 29.2 Å². The highest BCUT2D eigenvalue weighted by Gasteiger charge is 2.27. The van der Waals surface area contributed by atoms with Crippen LogP contribution in [0.25, 0.3) is 0 Å². The predicted molar refractivity (Wildman–Crippen MR) is 122 cm³/mol. The number of rotatable bonds is 8. The van der Waals surface area contributed by atoms with E-state index in [1.807, 2.05) is 0 Å². The normalized spacial score (nSPS) is 17.9. The molecule has 1 aliphatic rings. The Balaban J connectivity index is 1.44. The molecule has 2 aromatic carbocycles. The van der Waals surface area contributed by atoms with E-state index in [0.717, 1.165) is 0 Å². The third-order valence-electron chi connectivity index (χ3n) is 5.31. The van der Waals surface area contributed by atoms with Crippen LogP contribution in [-0.2, 0) is 4.79 Å². The van der Waals surface area contributed by atoms with Crippen molar-refractivity contribution in [3.8, 4) is 5.75 Å². The van der Waals surface area contributed by atoms with Gasteiger partial charge in [-0.25, -0.2) is 0 Å². The molecule has 1 fully saturated rings. The van der Waals surface area contributed by atoms with Crippen LogP contribution >= 0.6 is 23.2 Å². The van der Waals surface area contributed by atoms with Gasteiger partial charge in [-0.15, -0.1) is 0 Å². The van der Waals surface area contributed by atoms with Gasteiger partial charge in [0.1, 0.15) is 5.75 Å². The molecule has 0 unspecified atom stereocenters. The molecule has 32 heavy (non-hydrogen) atoms. The van der Waals surface area contributed by atoms with Gasteiger partial charge in [0.15, 0.2) is 0 Å². The van der Waals surface area contributed by atoms with Crippen LogP contribution in [-0.4, -0.2) is 42.1 Å². The van der Waals surface area contributed by atoms with Crippen LogP contribution < -0.4 is 15.4 Å². The van der Waals surface area contributed by atoms with Crippen molar-refractivity contribution in [2.45, 2.75) is 31.8 Å². The third kappa shape index (κ3) is 6.61. The number of carbonyl (C=O) groups excluding carboxylic acids is 2. The summed E-state index contributed by atoms with van der Waals surface area (Å²) in [4.78, 5) is 35.5. The molecule has 2 aromatic rings. The number of hydrogen-bond acceptors (Lipinski definition) is 4. The lowest BCUT2D eigenvalue weighted by molar-refractivity contribution is -0.143. The van der Waals surface area contributed by atoms with E-state index in [1.54, 1.807) is 36.4 Å². The summed E-state index contributed by atoms with van der Waals surface area (Å²) >= 11 is 12.1. The fourth-order valence-electron chi connectivity index (χ4n) is 3.50. The van der Waals surface area contributed by atoms with E-state index in [9.17, 15) is 14.4 Å². The van der Waals surface area contributed by atoms with Gasteiger partial charge in [-0.3, -0.25) is 14.4 Å². The van der Waals surface area contributed by atoms with Gasteiger partial charge in [0.25, 0.3) is 11.8 Å². The molecule has 170 valence electrons. The molecule has 0 bridgehead atoms. The highest BCUT2D eigenvalue weighted by atomic mass is 35.5. The zero-order chi connectivity index (χ0) is 23.1. The van der Waals surface area contributed by atoms with E-state index in [4.69, 9.17) is 33.0 Å². The summed E-state index contributed by atoms with van der Waals surface area (Å²) in [5, 5.41) is 15.4. The van der Waals surface area contributed by atoms with E-state index >= 15 is 0 Å². The molecule has 0 atom stereocenters. The van der Waals surface area contributed by atoms with Crippen LogP contribution in [0.3, 0.4) is 0 Å². The molecule has 3 N–H and O–H groups in total. The van der Waals surface area contributed by atoms with Gasteiger partial charge >= 0.3 is 5.97 Å². The Morgan fingerprint density at radius 3 is 2.00 bits per heavy atom. The standard InChI is InChI=1S/C23H24Cl2N2O5/c24-17-6-1-14(2-7-17)21(28)26-11-12-27-22(29)16-5-10-20(19(25)13-16)32-18-8-3-15(4-9-18)23(30)31/h1-2,5-7,10,13,15,18H,3-4,8-9,11-12H2,(H,26,28)(H,27,29)(H,30,31)/t15-,18+. The van der Waals surface area contributed by atoms with Crippen molar-refractivity contribution in [1.82, 2.24) is 10.6 Å². The smallest absolute Gasteiger partial charge is 0.306 e. The number of aliphatic carboxylic acids is 1. The summed E-state index contributed by atoms with van der Waals surface area (Å²) in [6.07, 6.45) is 2.36. The van der Waals surface area contributed by atoms with E-state index < -0.39 is 5.97 Å². The van der Waals surface area contributed by atoms with Crippen molar-refractivity contribution in [2.24, 2.45) is 5.92 Å². The van der Waals surface area contributed by atoms with E-state index in [2.05, 4.69) is 10.6 Å². The molecule has 0 aliphatic heterocycles. The van der Waals surface area contributed by atoms with Crippen LogP contribution in [0.5, 0.6) is 5.75 Å². The first-order valence-corrected chi connectivity index (χ1v) is 11.1. The summed E-state index contributed by atoms with van der Waals surface area (Å²) in [6.45, 7) is 0.516. The molecule has 0 radical (unpaired) electrons. The summed E-state index contributed by atoms with van der Waals surface area (Å²) in [6, 6.07) is 11.3. The molecule has 1 saturated carbocycles. The van der Waals surface area contributed by atoms with E-state index in [-0.39, 0.29) is 36.9 Å². The minimum atomic E-state index is -0.763. The maximum atomic E-state index is 12.4. The molecule has 7 nitrogen and oxygen atoms in total. The number of carbonyl (C=O) groups is 3. The minimum Gasteiger partial charge on any atom is -0.489 e. The van der Waals surface area contributed by atoms with Crippen LogP contribution in [0.4, 0.5) is 0 Å². The molecule has 3 rings (SSSR count). The average Bonchev–Trinajstić information content (AvgIpc) is 2.78. The second kappa shape index (κ2) is 11.2. The van der Waals surface area contributed by atoms with Crippen molar-refractivity contribution < 1.29 is 24.2 Å². The van der Waals surface area contributed by atoms with Crippen molar-refractivity contribution in [3.63, 3.8) is 0 Å². The molecular weight excluding hydrogens is 455 g/mol. The van der Waals surface area contributed by atoms with Gasteiger partial charge in [-0.1, -0.05) is 23.2 Å². The Kier molecular flexibility index (Phi) is 8.36. The van der Waals surface area contributed by atoms with Gasteiger partial charge in [0.05, 0.1) is 17.0 Å². The Morgan fingerprint density at radius 1 is 0.875 bits per heavy atom. The highest BCUT2D eigenvalue weighted by molar-refractivity contribution is 6.32. The van der Waals surface area contributed by atoms with Crippen LogP contribution in [0.1, 0.15) is 46.4 Å². The average molecular weight is 479 g/mol. The van der Waals surface area contributed by atoms with Crippen molar-refractivity contribution in [3.05, 3.63) is 63.6 Å². The summed E-state index contributed by atoms with van der Waals surface area (Å²) in [7, 11) is 0. The minimum absolute atomic E-state index is 0.0907. The lowest BCUT2D eigenvalue weighted by Gasteiger charge is -2.27. The number of amides is 2. The largest absolute Gasteiger partial charge is 0.489 e. The van der Waals surface area contributed by atoms with Crippen molar-refractivity contribution in [2.75, 3.05) is 13.1 Å². The SMILES string of the molecule is O=C(NCCNC(=O)c1ccc(O[C@H]2CC[C@@H](C(=O)O)CC2)c(Cl)c1)c1ccc(Cl)cc1. The summed E-state index contributed by atoms with van der Waals surface area (Å²) in [5.41, 5.74) is 0.862. The predicted octanol–water partition coefficient (Wildman–Crippen LogP) is 4.18. The summed E-state index contributed by atoms with van der Waals surface area (Å²) in [5.74, 6) is -1.18. The molecule has 0 heterocycles. The number of carboxylic acids is 1. The monoisotopic (exact) mass is 478 g/mol. The van der Waals surface area contributed by atoms with Crippen LogP contribution in [0, 0.1) is 5.92 Å². The molecular formula is C23H24Cl2N2O5. The topological polar surface area (TPSA) is 105 Å². The molecule has 0 saturated heterocycles. The Bertz CT molecular complexity index is 973. The van der Waals surface area contributed by atoms with Crippen molar-refractivity contribution >= 4 is 41.0 Å². The van der Waals surface area contributed by atoms with Gasteiger partial charge in [-0.2, -0.15) is 0 Å². The zero-order valence-electron chi connectivity index (χ0n) is 17.3. The van der Waals surface area contributed by atoms with Gasteiger partial charge < -0.3 is 20.5 Å². The number of hydrogen-bond donors (Lipinski definition) is 3. The fourth-order valence-corrected chi connectivity index (χ4v) is 3.85. The zero-order valence-corrected chi connectivity index (χ0v) is 18.8. The highest BCUT2D eigenvalue weighted by Crippen LogP contribution is 2.31. The quantitative estimate of drug-likeness (QED) is 0.493. The molecule has 9 heteroatoms. The lowest BCUT2D eigenvalue weighted by atomic mass is 9.87. The van der Waals surface area contributed by atoms with Crippen LogP contribution in [0.2, 0.25) is 10.0 Å². The Morgan fingerprint density at radius 2 is 1.44 bits per heavy atom.